The largest absolute Gasteiger partial charge is 0.497 e. The second-order valence-electron chi connectivity index (χ2n) is 7.71. The normalized spacial score (nSPS) is 41.1. The summed E-state index contributed by atoms with van der Waals surface area (Å²) in [6, 6.07) is 7.18. The van der Waals surface area contributed by atoms with Crippen molar-refractivity contribution in [1.29, 1.82) is 0 Å². The van der Waals surface area contributed by atoms with E-state index in [2.05, 4.69) is 25.1 Å². The highest BCUT2D eigenvalue weighted by Gasteiger charge is 2.53. The molecule has 0 amide bonds. The lowest BCUT2D eigenvalue weighted by Gasteiger charge is -2.50. The third-order valence-electron chi connectivity index (χ3n) is 7.01. The number of nitrogens with two attached hydrogens (primary N) is 1. The van der Waals surface area contributed by atoms with Crippen LogP contribution in [0, 0.1) is 17.3 Å². The maximum atomic E-state index is 6.46. The first-order chi connectivity index (χ1) is 10.1. The number of fused-ring (bicyclic) bond motifs is 5. The van der Waals surface area contributed by atoms with Gasteiger partial charge in [-0.2, -0.15) is 0 Å². The first-order valence-corrected chi connectivity index (χ1v) is 8.56. The fourth-order valence-electron chi connectivity index (χ4n) is 5.73. The Hall–Kier alpha value is -1.02. The Morgan fingerprint density at radius 3 is 2.86 bits per heavy atom. The van der Waals surface area contributed by atoms with Gasteiger partial charge < -0.3 is 10.5 Å². The van der Waals surface area contributed by atoms with Crippen LogP contribution in [-0.4, -0.2) is 13.2 Å². The van der Waals surface area contributed by atoms with Crippen LogP contribution in [0.4, 0.5) is 0 Å². The maximum Gasteiger partial charge on any atom is 0.119 e. The number of rotatable bonds is 1. The molecule has 2 heteroatoms. The summed E-state index contributed by atoms with van der Waals surface area (Å²) in [4.78, 5) is 0. The summed E-state index contributed by atoms with van der Waals surface area (Å²) in [6.07, 6.45) is 7.79. The van der Waals surface area contributed by atoms with E-state index in [1.807, 2.05) is 0 Å². The molecule has 0 heterocycles. The second kappa shape index (κ2) is 4.74. The molecule has 3 aliphatic rings. The molecule has 0 radical (unpaired) electrons. The van der Waals surface area contributed by atoms with Crippen molar-refractivity contribution in [3.8, 4) is 5.75 Å². The number of ether oxygens (including phenoxy) is 1. The van der Waals surface area contributed by atoms with Crippen molar-refractivity contribution < 1.29 is 4.74 Å². The van der Waals surface area contributed by atoms with Gasteiger partial charge in [-0.25, -0.2) is 0 Å². The molecule has 5 atom stereocenters. The van der Waals surface area contributed by atoms with E-state index in [0.717, 1.165) is 23.5 Å². The third-order valence-corrected chi connectivity index (χ3v) is 7.01. The summed E-state index contributed by atoms with van der Waals surface area (Å²) < 4.78 is 5.40. The van der Waals surface area contributed by atoms with Crippen molar-refractivity contribution >= 4 is 0 Å². The molecule has 2 saturated carbocycles. The summed E-state index contributed by atoms with van der Waals surface area (Å²) >= 11 is 0. The van der Waals surface area contributed by atoms with E-state index in [9.17, 15) is 0 Å². The van der Waals surface area contributed by atoms with Gasteiger partial charge in [-0.15, -0.1) is 0 Å². The summed E-state index contributed by atoms with van der Waals surface area (Å²) in [5.74, 6) is 3.48. The van der Waals surface area contributed by atoms with Gasteiger partial charge >= 0.3 is 0 Å². The highest BCUT2D eigenvalue weighted by atomic mass is 16.5. The highest BCUT2D eigenvalue weighted by Crippen LogP contribution is 2.60. The van der Waals surface area contributed by atoms with Crippen LogP contribution in [0.15, 0.2) is 18.2 Å². The summed E-state index contributed by atoms with van der Waals surface area (Å²) in [7, 11) is 1.76. The predicted octanol–water partition coefficient (Wildman–Crippen LogP) is 3.88. The Morgan fingerprint density at radius 1 is 1.19 bits per heavy atom. The van der Waals surface area contributed by atoms with E-state index < -0.39 is 0 Å². The zero-order valence-corrected chi connectivity index (χ0v) is 13.3. The fraction of sp³-hybridized carbons (Fsp3) is 0.684. The van der Waals surface area contributed by atoms with Gasteiger partial charge in [-0.05, 0) is 85.0 Å². The zero-order chi connectivity index (χ0) is 14.6. The highest BCUT2D eigenvalue weighted by molar-refractivity contribution is 5.40. The minimum Gasteiger partial charge on any atom is -0.497 e. The van der Waals surface area contributed by atoms with Crippen molar-refractivity contribution in [2.45, 2.75) is 57.4 Å². The summed E-state index contributed by atoms with van der Waals surface area (Å²) in [6.45, 7) is 2.47. The van der Waals surface area contributed by atoms with Crippen LogP contribution in [0.5, 0.6) is 5.75 Å². The smallest absolute Gasteiger partial charge is 0.119 e. The lowest BCUT2D eigenvalue weighted by Crippen LogP contribution is -2.46. The molecule has 0 spiro atoms. The van der Waals surface area contributed by atoms with Gasteiger partial charge in [0.25, 0.3) is 0 Å². The number of aryl methyl sites for hydroxylation is 1. The Labute approximate surface area is 128 Å². The van der Waals surface area contributed by atoms with Gasteiger partial charge in [-0.3, -0.25) is 0 Å². The first kappa shape index (κ1) is 13.6. The minimum atomic E-state index is 0.408. The number of benzene rings is 1. The van der Waals surface area contributed by atoms with Gasteiger partial charge in [0.1, 0.15) is 5.75 Å². The molecule has 0 saturated heterocycles. The minimum absolute atomic E-state index is 0.408. The zero-order valence-electron chi connectivity index (χ0n) is 13.3. The predicted molar refractivity (Wildman–Crippen MR) is 85.6 cm³/mol. The van der Waals surface area contributed by atoms with Gasteiger partial charge in [0.05, 0.1) is 7.11 Å². The first-order valence-electron chi connectivity index (χ1n) is 8.56. The molecule has 2 nitrogen and oxygen atoms in total. The molecule has 1 aromatic carbocycles. The SMILES string of the molecule is COc1ccc2c(c1)CC[C@@H]1[C@@H]2CC[C@]2(C)[C@H](N)CC[C@@H]12. The Bertz CT molecular complexity index is 554. The van der Waals surface area contributed by atoms with Crippen LogP contribution in [0.2, 0.25) is 0 Å². The number of hydrogen-bond donors (Lipinski definition) is 1. The average Bonchev–Trinajstić information content (AvgIpc) is 2.82. The van der Waals surface area contributed by atoms with Crippen LogP contribution >= 0.6 is 0 Å². The molecule has 0 bridgehead atoms. The molecule has 3 aliphatic carbocycles. The molecule has 4 rings (SSSR count). The van der Waals surface area contributed by atoms with Crippen molar-refractivity contribution in [1.82, 2.24) is 0 Å². The van der Waals surface area contributed by atoms with Crippen molar-refractivity contribution in [3.63, 3.8) is 0 Å². The fourth-order valence-corrected chi connectivity index (χ4v) is 5.73. The second-order valence-corrected chi connectivity index (χ2v) is 7.71. The van der Waals surface area contributed by atoms with Crippen LogP contribution in [0.3, 0.4) is 0 Å². The average molecular weight is 285 g/mol. The molecule has 0 aromatic heterocycles. The number of hydrogen-bond acceptors (Lipinski definition) is 2. The monoisotopic (exact) mass is 285 g/mol. The molecular weight excluding hydrogens is 258 g/mol. The van der Waals surface area contributed by atoms with Crippen LogP contribution in [0.25, 0.3) is 0 Å². The van der Waals surface area contributed by atoms with Gasteiger partial charge in [-0.1, -0.05) is 13.0 Å². The molecule has 2 N–H and O–H groups in total. The Balaban J connectivity index is 1.68. The lowest BCUT2D eigenvalue weighted by atomic mass is 9.55. The van der Waals surface area contributed by atoms with Crippen molar-refractivity contribution in [2.75, 3.05) is 7.11 Å². The lowest BCUT2D eigenvalue weighted by molar-refractivity contribution is 0.0496. The van der Waals surface area contributed by atoms with E-state index in [-0.39, 0.29) is 0 Å². The molecule has 2 fully saturated rings. The number of methoxy groups -OCH3 is 1. The Morgan fingerprint density at radius 2 is 2.05 bits per heavy atom. The van der Waals surface area contributed by atoms with Crippen molar-refractivity contribution in [3.05, 3.63) is 29.3 Å². The van der Waals surface area contributed by atoms with E-state index in [0.29, 0.717) is 11.5 Å². The molecule has 21 heavy (non-hydrogen) atoms. The quantitative estimate of drug-likeness (QED) is 0.850. The molecule has 0 unspecified atom stereocenters. The van der Waals surface area contributed by atoms with E-state index in [1.165, 1.54) is 44.1 Å². The molecule has 1 aromatic rings. The standard InChI is InChI=1S/C19H27NO/c1-19-10-9-15-14-6-4-13(21-2)11-12(14)3-5-16(15)17(19)7-8-18(19)20/h4,6,11,15-18H,3,5,7-10,20H2,1-2H3/t15-,16-,17+,18-,19+/m1/s1. The topological polar surface area (TPSA) is 35.2 Å². The van der Waals surface area contributed by atoms with Crippen LogP contribution in [0.1, 0.15) is 56.1 Å². The van der Waals surface area contributed by atoms with Gasteiger partial charge in [0, 0.05) is 6.04 Å². The van der Waals surface area contributed by atoms with Gasteiger partial charge in [0.2, 0.25) is 0 Å². The Kier molecular flexibility index (Phi) is 3.08. The summed E-state index contributed by atoms with van der Waals surface area (Å²) in [5, 5.41) is 0. The van der Waals surface area contributed by atoms with Crippen molar-refractivity contribution in [2.24, 2.45) is 23.0 Å². The molecule has 0 aliphatic heterocycles. The summed E-state index contributed by atoms with van der Waals surface area (Å²) in [5.41, 5.74) is 10.0. The van der Waals surface area contributed by atoms with Crippen LogP contribution in [-0.2, 0) is 6.42 Å². The molecular formula is C19H27NO. The third kappa shape index (κ3) is 1.88. The van der Waals surface area contributed by atoms with Crippen LogP contribution < -0.4 is 10.5 Å². The van der Waals surface area contributed by atoms with E-state index in [4.69, 9.17) is 10.5 Å². The van der Waals surface area contributed by atoms with E-state index in [1.54, 1.807) is 12.7 Å². The van der Waals surface area contributed by atoms with E-state index >= 15 is 0 Å². The van der Waals surface area contributed by atoms with Gasteiger partial charge in [0.15, 0.2) is 0 Å². The molecule has 114 valence electrons. The maximum absolute atomic E-state index is 6.46.